The second-order valence-corrected chi connectivity index (χ2v) is 5.64. The lowest BCUT2D eigenvalue weighted by molar-refractivity contribution is -0.120. The fraction of sp³-hybridized carbons (Fsp3) is 0.118. The molecule has 2 aromatic carbocycles. The fourth-order valence-corrected chi connectivity index (χ4v) is 2.25. The van der Waals surface area contributed by atoms with Crippen molar-refractivity contribution in [1.29, 1.82) is 0 Å². The minimum Gasteiger partial charge on any atom is -0.339 e. The van der Waals surface area contributed by atoms with Crippen LogP contribution in [0, 0.1) is 5.82 Å². The van der Waals surface area contributed by atoms with Gasteiger partial charge >= 0.3 is 0 Å². The zero-order chi connectivity index (χ0) is 17.6. The Bertz CT molecular complexity index is 867. The number of carbonyl (C=O) groups is 1. The summed E-state index contributed by atoms with van der Waals surface area (Å²) in [7, 11) is 0. The molecule has 6 nitrogen and oxygen atoms in total. The summed E-state index contributed by atoms with van der Waals surface area (Å²) in [5.74, 6) is 0.113. The van der Waals surface area contributed by atoms with Crippen molar-refractivity contribution in [3.05, 3.63) is 65.3 Å². The number of nitrogens with zero attached hydrogens (tertiary/aromatic N) is 2. The molecule has 0 aliphatic rings. The Kier molecular flexibility index (Phi) is 5.25. The van der Waals surface area contributed by atoms with E-state index in [2.05, 4.69) is 21.0 Å². The van der Waals surface area contributed by atoms with Gasteiger partial charge in [-0.1, -0.05) is 22.8 Å². The van der Waals surface area contributed by atoms with Gasteiger partial charge in [-0.05, 0) is 42.5 Å². The maximum atomic E-state index is 12.9. The third kappa shape index (κ3) is 4.77. The van der Waals surface area contributed by atoms with Crippen molar-refractivity contribution >= 4 is 23.2 Å². The van der Waals surface area contributed by atoms with E-state index in [4.69, 9.17) is 16.1 Å². The molecule has 0 aliphatic carbocycles. The highest BCUT2D eigenvalue weighted by Gasteiger charge is 2.10. The SMILES string of the molecule is O=C(CCc1nc(-c2ccc(F)cc2)no1)NNc1cccc(Cl)c1. The van der Waals surface area contributed by atoms with E-state index in [-0.39, 0.29) is 24.6 Å². The molecule has 0 atom stereocenters. The van der Waals surface area contributed by atoms with Crippen LogP contribution in [0.5, 0.6) is 0 Å². The smallest absolute Gasteiger partial charge is 0.238 e. The van der Waals surface area contributed by atoms with E-state index in [1.807, 2.05) is 0 Å². The third-order valence-corrected chi connectivity index (χ3v) is 3.54. The van der Waals surface area contributed by atoms with Crippen LogP contribution in [0.15, 0.2) is 53.1 Å². The summed E-state index contributed by atoms with van der Waals surface area (Å²) < 4.78 is 18.0. The number of hydrazine groups is 1. The molecule has 2 N–H and O–H groups in total. The van der Waals surface area contributed by atoms with Crippen LogP contribution < -0.4 is 10.9 Å². The van der Waals surface area contributed by atoms with Crippen molar-refractivity contribution in [2.45, 2.75) is 12.8 Å². The van der Waals surface area contributed by atoms with Crippen molar-refractivity contribution in [2.24, 2.45) is 0 Å². The van der Waals surface area contributed by atoms with Crippen molar-refractivity contribution in [3.63, 3.8) is 0 Å². The molecule has 0 aliphatic heterocycles. The monoisotopic (exact) mass is 360 g/mol. The largest absolute Gasteiger partial charge is 0.339 e. The Hall–Kier alpha value is -2.93. The van der Waals surface area contributed by atoms with E-state index < -0.39 is 0 Å². The summed E-state index contributed by atoms with van der Waals surface area (Å²) in [4.78, 5) is 16.0. The topological polar surface area (TPSA) is 80.0 Å². The molecule has 1 heterocycles. The van der Waals surface area contributed by atoms with Gasteiger partial charge in [0.15, 0.2) is 0 Å². The average Bonchev–Trinajstić information content (AvgIpc) is 3.08. The second kappa shape index (κ2) is 7.76. The number of rotatable bonds is 6. The molecule has 0 saturated carbocycles. The van der Waals surface area contributed by atoms with Crippen LogP contribution in [-0.2, 0) is 11.2 Å². The Labute approximate surface area is 148 Å². The zero-order valence-corrected chi connectivity index (χ0v) is 13.8. The predicted molar refractivity (Wildman–Crippen MR) is 91.2 cm³/mol. The van der Waals surface area contributed by atoms with Crippen molar-refractivity contribution < 1.29 is 13.7 Å². The summed E-state index contributed by atoms with van der Waals surface area (Å²) >= 11 is 5.86. The predicted octanol–water partition coefficient (Wildman–Crippen LogP) is 3.61. The highest BCUT2D eigenvalue weighted by Crippen LogP contribution is 2.17. The van der Waals surface area contributed by atoms with Crippen LogP contribution >= 0.6 is 11.6 Å². The van der Waals surface area contributed by atoms with E-state index in [1.54, 1.807) is 36.4 Å². The number of amides is 1. The zero-order valence-electron chi connectivity index (χ0n) is 13.0. The molecule has 3 aromatic rings. The number of aryl methyl sites for hydroxylation is 1. The number of halogens is 2. The van der Waals surface area contributed by atoms with Crippen molar-refractivity contribution in [2.75, 3.05) is 5.43 Å². The lowest BCUT2D eigenvalue weighted by atomic mass is 10.2. The van der Waals surface area contributed by atoms with Gasteiger partial charge in [0.2, 0.25) is 17.6 Å². The van der Waals surface area contributed by atoms with Gasteiger partial charge in [-0.2, -0.15) is 4.98 Å². The summed E-state index contributed by atoms with van der Waals surface area (Å²) in [6.45, 7) is 0. The molecule has 8 heteroatoms. The molecule has 0 unspecified atom stereocenters. The van der Waals surface area contributed by atoms with E-state index in [0.29, 0.717) is 28.0 Å². The first-order valence-corrected chi connectivity index (χ1v) is 7.87. The molecule has 0 fully saturated rings. The third-order valence-electron chi connectivity index (χ3n) is 3.31. The standard InChI is InChI=1S/C17H14ClFN4O2/c18-12-2-1-3-14(10-12)21-22-15(24)8-9-16-20-17(23-25-16)11-4-6-13(19)7-5-11/h1-7,10,21H,8-9H2,(H,22,24). The first-order chi connectivity index (χ1) is 12.1. The van der Waals surface area contributed by atoms with E-state index in [9.17, 15) is 9.18 Å². The quantitative estimate of drug-likeness (QED) is 0.656. The van der Waals surface area contributed by atoms with Crippen LogP contribution in [0.2, 0.25) is 5.02 Å². The molecule has 0 radical (unpaired) electrons. The van der Waals surface area contributed by atoms with Gasteiger partial charge in [0.1, 0.15) is 5.82 Å². The first-order valence-electron chi connectivity index (χ1n) is 7.49. The van der Waals surface area contributed by atoms with Gasteiger partial charge in [-0.15, -0.1) is 0 Å². The summed E-state index contributed by atoms with van der Waals surface area (Å²) in [6, 6.07) is 12.7. The minimum absolute atomic E-state index is 0.165. The number of hydrogen-bond acceptors (Lipinski definition) is 5. The highest BCUT2D eigenvalue weighted by atomic mass is 35.5. The number of hydrogen-bond donors (Lipinski definition) is 2. The van der Waals surface area contributed by atoms with Crippen LogP contribution in [0.3, 0.4) is 0 Å². The van der Waals surface area contributed by atoms with Gasteiger partial charge in [0.05, 0.1) is 5.69 Å². The van der Waals surface area contributed by atoms with Crippen LogP contribution in [0.25, 0.3) is 11.4 Å². The number of carbonyl (C=O) groups excluding carboxylic acids is 1. The lowest BCUT2D eigenvalue weighted by Crippen LogP contribution is -2.29. The number of anilines is 1. The van der Waals surface area contributed by atoms with Gasteiger partial charge in [0, 0.05) is 23.4 Å². The minimum atomic E-state index is -0.337. The molecular formula is C17H14ClFN4O2. The van der Waals surface area contributed by atoms with Crippen LogP contribution in [0.4, 0.5) is 10.1 Å². The summed E-state index contributed by atoms with van der Waals surface area (Å²) in [5, 5.41) is 4.39. The van der Waals surface area contributed by atoms with E-state index in [1.165, 1.54) is 12.1 Å². The Morgan fingerprint density at radius 2 is 2.00 bits per heavy atom. The Morgan fingerprint density at radius 1 is 1.20 bits per heavy atom. The molecule has 128 valence electrons. The fourth-order valence-electron chi connectivity index (χ4n) is 2.06. The summed E-state index contributed by atoms with van der Waals surface area (Å²) in [6.07, 6.45) is 0.454. The average molecular weight is 361 g/mol. The number of aromatic nitrogens is 2. The maximum absolute atomic E-state index is 12.9. The highest BCUT2D eigenvalue weighted by molar-refractivity contribution is 6.30. The second-order valence-electron chi connectivity index (χ2n) is 5.20. The number of benzene rings is 2. The molecular weight excluding hydrogens is 347 g/mol. The van der Waals surface area contributed by atoms with Gasteiger partial charge in [-0.25, -0.2) is 4.39 Å². The van der Waals surface area contributed by atoms with Crippen molar-refractivity contribution in [1.82, 2.24) is 15.6 Å². The van der Waals surface area contributed by atoms with Gasteiger partial charge < -0.3 is 4.52 Å². The molecule has 0 bridgehead atoms. The van der Waals surface area contributed by atoms with E-state index >= 15 is 0 Å². The molecule has 25 heavy (non-hydrogen) atoms. The number of nitrogens with one attached hydrogen (secondary N) is 2. The van der Waals surface area contributed by atoms with Gasteiger partial charge in [0.25, 0.3) is 0 Å². The Morgan fingerprint density at radius 3 is 2.76 bits per heavy atom. The maximum Gasteiger partial charge on any atom is 0.238 e. The normalized spacial score (nSPS) is 10.5. The van der Waals surface area contributed by atoms with Gasteiger partial charge in [-0.3, -0.25) is 15.6 Å². The van der Waals surface area contributed by atoms with Crippen LogP contribution in [0.1, 0.15) is 12.3 Å². The lowest BCUT2D eigenvalue weighted by Gasteiger charge is -2.07. The molecule has 0 saturated heterocycles. The van der Waals surface area contributed by atoms with E-state index in [0.717, 1.165) is 0 Å². The summed E-state index contributed by atoms with van der Waals surface area (Å²) in [5.41, 5.74) is 6.65. The molecule has 1 amide bonds. The molecule has 0 spiro atoms. The first kappa shape index (κ1) is 16.9. The Balaban J connectivity index is 1.50. The molecule has 1 aromatic heterocycles. The van der Waals surface area contributed by atoms with Crippen molar-refractivity contribution in [3.8, 4) is 11.4 Å². The molecule has 3 rings (SSSR count). The van der Waals surface area contributed by atoms with Crippen LogP contribution in [-0.4, -0.2) is 16.0 Å².